The van der Waals surface area contributed by atoms with Gasteiger partial charge in [0, 0.05) is 13.7 Å². The van der Waals surface area contributed by atoms with Crippen molar-refractivity contribution in [2.24, 2.45) is 0 Å². The molecule has 2 aliphatic rings. The van der Waals surface area contributed by atoms with Crippen molar-refractivity contribution < 1.29 is 18.9 Å². The molecule has 2 fully saturated rings. The molecule has 100 valence electrons. The Balaban J connectivity index is 1.95. The number of hydrogen-bond acceptors (Lipinski definition) is 5. The van der Waals surface area contributed by atoms with Gasteiger partial charge in [0.25, 0.3) is 0 Å². The maximum Gasteiger partial charge on any atom is 0.186 e. The van der Waals surface area contributed by atoms with E-state index in [1.807, 2.05) is 13.8 Å². The van der Waals surface area contributed by atoms with Crippen molar-refractivity contribution >= 4 is 0 Å². The number of hydrogen-bond donors (Lipinski definition) is 1. The third-order valence-electron chi connectivity index (χ3n) is 3.11. The third-order valence-corrected chi connectivity index (χ3v) is 3.11. The molecule has 0 bridgehead atoms. The predicted octanol–water partition coefficient (Wildman–Crippen LogP) is 0.877. The van der Waals surface area contributed by atoms with E-state index < -0.39 is 5.79 Å². The summed E-state index contributed by atoms with van der Waals surface area (Å²) >= 11 is 0. The highest BCUT2D eigenvalue weighted by molar-refractivity contribution is 4.95. The first kappa shape index (κ1) is 13.2. The zero-order chi connectivity index (χ0) is 12.5. The maximum absolute atomic E-state index is 5.88. The summed E-state index contributed by atoms with van der Waals surface area (Å²) in [4.78, 5) is 0. The quantitative estimate of drug-likeness (QED) is 0.729. The van der Waals surface area contributed by atoms with Crippen LogP contribution >= 0.6 is 0 Å². The van der Waals surface area contributed by atoms with Crippen LogP contribution in [-0.4, -0.2) is 50.6 Å². The van der Waals surface area contributed by atoms with Gasteiger partial charge in [-0.05, 0) is 26.8 Å². The lowest BCUT2D eigenvalue weighted by Gasteiger charge is -2.23. The summed E-state index contributed by atoms with van der Waals surface area (Å²) in [6.45, 7) is 7.75. The third kappa shape index (κ3) is 2.80. The number of rotatable bonds is 5. The van der Waals surface area contributed by atoms with Crippen molar-refractivity contribution in [3.8, 4) is 0 Å². The van der Waals surface area contributed by atoms with E-state index in [1.54, 1.807) is 7.11 Å². The van der Waals surface area contributed by atoms with Crippen LogP contribution in [0.1, 0.15) is 27.2 Å². The summed E-state index contributed by atoms with van der Waals surface area (Å²) in [6.07, 6.45) is 0.619. The molecule has 0 unspecified atom stereocenters. The molecule has 0 aromatic heterocycles. The molecule has 5 heteroatoms. The number of methoxy groups -OCH3 is 1. The highest BCUT2D eigenvalue weighted by Gasteiger charge is 2.55. The van der Waals surface area contributed by atoms with Crippen LogP contribution in [0, 0.1) is 0 Å². The molecule has 0 aliphatic carbocycles. The predicted molar refractivity (Wildman–Crippen MR) is 62.7 cm³/mol. The van der Waals surface area contributed by atoms with Gasteiger partial charge in [-0.25, -0.2) is 0 Å². The molecule has 0 saturated carbocycles. The fourth-order valence-corrected chi connectivity index (χ4v) is 2.42. The average molecular weight is 245 g/mol. The van der Waals surface area contributed by atoms with Gasteiger partial charge < -0.3 is 24.3 Å². The number of nitrogens with one attached hydrogen (secondary N) is 1. The normalized spacial score (nSPS) is 39.5. The molecular weight excluding hydrogens is 222 g/mol. The van der Waals surface area contributed by atoms with Crippen molar-refractivity contribution in [3.63, 3.8) is 0 Å². The van der Waals surface area contributed by atoms with Crippen LogP contribution in [0.5, 0.6) is 0 Å². The molecule has 17 heavy (non-hydrogen) atoms. The van der Waals surface area contributed by atoms with Crippen molar-refractivity contribution in [1.29, 1.82) is 0 Å². The summed E-state index contributed by atoms with van der Waals surface area (Å²) in [6, 6.07) is 0. The Bertz CT molecular complexity index is 259. The fraction of sp³-hybridized carbons (Fsp3) is 1.00. The van der Waals surface area contributed by atoms with Crippen LogP contribution in [-0.2, 0) is 18.9 Å². The summed E-state index contributed by atoms with van der Waals surface area (Å²) < 4.78 is 22.8. The van der Waals surface area contributed by atoms with E-state index in [2.05, 4.69) is 12.2 Å². The van der Waals surface area contributed by atoms with Gasteiger partial charge in [0.15, 0.2) is 12.1 Å². The molecule has 0 amide bonds. The van der Waals surface area contributed by atoms with Gasteiger partial charge in [0.05, 0.1) is 0 Å². The molecule has 0 radical (unpaired) electrons. The highest BCUT2D eigenvalue weighted by atomic mass is 16.8. The van der Waals surface area contributed by atoms with Crippen LogP contribution in [0.4, 0.5) is 0 Å². The van der Waals surface area contributed by atoms with E-state index in [1.165, 1.54) is 0 Å². The van der Waals surface area contributed by atoms with Gasteiger partial charge in [-0.3, -0.25) is 0 Å². The van der Waals surface area contributed by atoms with E-state index in [-0.39, 0.29) is 24.6 Å². The first-order valence-corrected chi connectivity index (χ1v) is 6.32. The standard InChI is InChI=1S/C12H23NO4/c1-5-6-13-7-8-9-10(11(14-4)15-8)17-12(2,3)16-9/h8-11,13H,5-7H2,1-4H3/t8-,9-,10+,11-/m1/s1. The Morgan fingerprint density at radius 2 is 1.94 bits per heavy atom. The molecule has 1 N–H and O–H groups in total. The molecule has 2 aliphatic heterocycles. The Morgan fingerprint density at radius 3 is 2.59 bits per heavy atom. The van der Waals surface area contributed by atoms with Gasteiger partial charge in [-0.15, -0.1) is 0 Å². The molecule has 2 rings (SSSR count). The molecule has 2 saturated heterocycles. The van der Waals surface area contributed by atoms with E-state index in [4.69, 9.17) is 18.9 Å². The van der Waals surface area contributed by atoms with Crippen LogP contribution in [0.15, 0.2) is 0 Å². The molecular formula is C12H23NO4. The lowest BCUT2D eigenvalue weighted by atomic mass is 10.1. The summed E-state index contributed by atoms with van der Waals surface area (Å²) in [5, 5.41) is 3.35. The summed E-state index contributed by atoms with van der Waals surface area (Å²) in [5.74, 6) is -0.543. The van der Waals surface area contributed by atoms with Crippen LogP contribution in [0.3, 0.4) is 0 Å². The Labute approximate surface area is 103 Å². The van der Waals surface area contributed by atoms with E-state index in [0.29, 0.717) is 0 Å². The van der Waals surface area contributed by atoms with Crippen molar-refractivity contribution in [3.05, 3.63) is 0 Å². The van der Waals surface area contributed by atoms with E-state index in [0.717, 1.165) is 19.5 Å². The average Bonchev–Trinajstić information content (AvgIpc) is 2.73. The van der Waals surface area contributed by atoms with Crippen LogP contribution in [0.2, 0.25) is 0 Å². The van der Waals surface area contributed by atoms with Crippen molar-refractivity contribution in [1.82, 2.24) is 5.32 Å². The molecule has 0 aromatic rings. The second kappa shape index (κ2) is 5.20. The Morgan fingerprint density at radius 1 is 1.24 bits per heavy atom. The van der Waals surface area contributed by atoms with Gasteiger partial charge in [0.1, 0.15) is 18.3 Å². The minimum atomic E-state index is -0.543. The first-order chi connectivity index (χ1) is 8.07. The van der Waals surface area contributed by atoms with Gasteiger partial charge in [-0.2, -0.15) is 0 Å². The zero-order valence-corrected chi connectivity index (χ0v) is 11.1. The van der Waals surface area contributed by atoms with Crippen LogP contribution < -0.4 is 5.32 Å². The number of fused-ring (bicyclic) bond motifs is 1. The van der Waals surface area contributed by atoms with Crippen molar-refractivity contribution in [2.45, 2.75) is 57.6 Å². The largest absolute Gasteiger partial charge is 0.353 e. The Hall–Kier alpha value is -0.200. The Kier molecular flexibility index (Phi) is 4.05. The number of ether oxygens (including phenoxy) is 4. The van der Waals surface area contributed by atoms with E-state index in [9.17, 15) is 0 Å². The maximum atomic E-state index is 5.88. The monoisotopic (exact) mass is 245 g/mol. The van der Waals surface area contributed by atoms with Gasteiger partial charge in [-0.1, -0.05) is 6.92 Å². The molecule has 4 atom stereocenters. The molecule has 5 nitrogen and oxygen atoms in total. The van der Waals surface area contributed by atoms with Gasteiger partial charge in [0.2, 0.25) is 0 Å². The lowest BCUT2D eigenvalue weighted by molar-refractivity contribution is -0.226. The second-order valence-corrected chi connectivity index (χ2v) is 5.05. The molecule has 2 heterocycles. The van der Waals surface area contributed by atoms with Crippen LogP contribution in [0.25, 0.3) is 0 Å². The summed E-state index contributed by atoms with van der Waals surface area (Å²) in [7, 11) is 1.64. The zero-order valence-electron chi connectivity index (χ0n) is 11.1. The van der Waals surface area contributed by atoms with Crippen molar-refractivity contribution in [2.75, 3.05) is 20.2 Å². The molecule has 0 spiro atoms. The lowest BCUT2D eigenvalue weighted by Crippen LogP contribution is -2.37. The van der Waals surface area contributed by atoms with E-state index >= 15 is 0 Å². The minimum absolute atomic E-state index is 0.00160. The first-order valence-electron chi connectivity index (χ1n) is 6.32. The second-order valence-electron chi connectivity index (χ2n) is 5.05. The van der Waals surface area contributed by atoms with Gasteiger partial charge >= 0.3 is 0 Å². The minimum Gasteiger partial charge on any atom is -0.353 e. The highest BCUT2D eigenvalue weighted by Crippen LogP contribution is 2.38. The smallest absolute Gasteiger partial charge is 0.186 e. The molecule has 0 aromatic carbocycles. The SMILES string of the molecule is CCCNC[C@H]1O[C@@H](OC)[C@H]2OC(C)(C)O[C@@H]21. The summed E-state index contributed by atoms with van der Waals surface area (Å²) in [5.41, 5.74) is 0. The fourth-order valence-electron chi connectivity index (χ4n) is 2.42. The topological polar surface area (TPSA) is 49.0 Å².